The number of fused-ring (bicyclic) bond motifs is 1. The lowest BCUT2D eigenvalue weighted by Crippen LogP contribution is -2.35. The average molecular weight is 436 g/mol. The summed E-state index contributed by atoms with van der Waals surface area (Å²) in [4.78, 5) is 18.1. The van der Waals surface area contributed by atoms with Gasteiger partial charge < -0.3 is 20.7 Å². The maximum Gasteiger partial charge on any atom is 0.258 e. The zero-order valence-corrected chi connectivity index (χ0v) is 18.5. The van der Waals surface area contributed by atoms with Crippen LogP contribution < -0.4 is 11.5 Å². The van der Waals surface area contributed by atoms with Crippen molar-refractivity contribution >= 4 is 11.5 Å². The number of amides is 1. The van der Waals surface area contributed by atoms with E-state index in [2.05, 4.69) is 21.1 Å². The Kier molecular flexibility index (Phi) is 6.53. The van der Waals surface area contributed by atoms with Gasteiger partial charge in [-0.1, -0.05) is 35.5 Å². The zero-order valence-electron chi connectivity index (χ0n) is 18.5. The minimum Gasteiger partial charge on any atom is -0.404 e. The third-order valence-electron chi connectivity index (χ3n) is 5.65. The predicted octanol–water partition coefficient (Wildman–Crippen LogP) is 2.21. The molecular formula is C24H29N5O3. The topological polar surface area (TPSA) is 120 Å². The number of hydrogen-bond donors (Lipinski definition) is 2. The summed E-state index contributed by atoms with van der Waals surface area (Å²) in [6, 6.07) is 6.14. The molecule has 0 bridgehead atoms. The minimum absolute atomic E-state index is 0.0804. The van der Waals surface area contributed by atoms with Crippen LogP contribution in [-0.2, 0) is 22.4 Å². The van der Waals surface area contributed by atoms with Crippen molar-refractivity contribution in [1.29, 1.82) is 0 Å². The Morgan fingerprint density at radius 1 is 1.34 bits per heavy atom. The van der Waals surface area contributed by atoms with Crippen molar-refractivity contribution in [2.45, 2.75) is 38.9 Å². The van der Waals surface area contributed by atoms with Crippen LogP contribution in [-0.4, -0.2) is 52.8 Å². The first-order chi connectivity index (χ1) is 15.4. The van der Waals surface area contributed by atoms with E-state index in [0.29, 0.717) is 11.7 Å². The molecule has 0 radical (unpaired) electrons. The molecule has 1 unspecified atom stereocenters. The van der Waals surface area contributed by atoms with Crippen LogP contribution in [0.5, 0.6) is 0 Å². The number of ether oxygens (including phenoxy) is 1. The van der Waals surface area contributed by atoms with Crippen LogP contribution in [0, 0.1) is 0 Å². The standard InChI is InChI=1S/C24H29N5O3/c1-15(2)31-21-7-6-17(12-18(21)13-25)24-27-23(28-32-24)20-5-3-4-16-8-10-29(14-22(26)30)11-9-19(16)20/h3-7,12-13,15,21H,8-11,14,25H2,1-2H3,(H2,26,30). The van der Waals surface area contributed by atoms with Crippen LogP contribution in [0.15, 0.2) is 52.7 Å². The van der Waals surface area contributed by atoms with Gasteiger partial charge in [-0.15, -0.1) is 0 Å². The second kappa shape index (κ2) is 9.50. The number of carbonyl (C=O) groups excluding carboxylic acids is 1. The van der Waals surface area contributed by atoms with Gasteiger partial charge in [0.05, 0.1) is 12.6 Å². The van der Waals surface area contributed by atoms with Gasteiger partial charge >= 0.3 is 0 Å². The zero-order chi connectivity index (χ0) is 22.7. The molecule has 1 aromatic heterocycles. The van der Waals surface area contributed by atoms with E-state index in [0.717, 1.165) is 42.6 Å². The maximum atomic E-state index is 11.3. The highest BCUT2D eigenvalue weighted by Gasteiger charge is 2.23. The van der Waals surface area contributed by atoms with E-state index < -0.39 is 0 Å². The van der Waals surface area contributed by atoms with Crippen LogP contribution in [0.2, 0.25) is 0 Å². The SMILES string of the molecule is CC(C)OC1C=CC(c2nc(-c3cccc4c3CCN(CC(N)=O)CC4)no2)=CC1=CN. The molecule has 1 aromatic carbocycles. The third-order valence-corrected chi connectivity index (χ3v) is 5.65. The number of hydrogen-bond acceptors (Lipinski definition) is 7. The maximum absolute atomic E-state index is 11.3. The Balaban J connectivity index is 1.58. The third kappa shape index (κ3) is 4.81. The predicted molar refractivity (Wildman–Crippen MR) is 122 cm³/mol. The summed E-state index contributed by atoms with van der Waals surface area (Å²) in [7, 11) is 0. The van der Waals surface area contributed by atoms with Crippen molar-refractivity contribution in [3.05, 3.63) is 65.2 Å². The number of nitrogens with zero attached hydrogens (tertiary/aromatic N) is 3. The van der Waals surface area contributed by atoms with Crippen molar-refractivity contribution in [1.82, 2.24) is 15.0 Å². The van der Waals surface area contributed by atoms with Crippen molar-refractivity contribution < 1.29 is 14.1 Å². The number of primary amides is 1. The molecule has 168 valence electrons. The lowest BCUT2D eigenvalue weighted by molar-refractivity contribution is -0.119. The first kappa shape index (κ1) is 22.0. The normalized spacial score (nSPS) is 20.3. The smallest absolute Gasteiger partial charge is 0.258 e. The van der Waals surface area contributed by atoms with Crippen LogP contribution in [0.3, 0.4) is 0 Å². The molecule has 4 rings (SSSR count). The summed E-state index contributed by atoms with van der Waals surface area (Å²) >= 11 is 0. The van der Waals surface area contributed by atoms with Crippen LogP contribution in [0.4, 0.5) is 0 Å². The summed E-state index contributed by atoms with van der Waals surface area (Å²) < 4.78 is 11.5. The lowest BCUT2D eigenvalue weighted by Gasteiger charge is -2.21. The number of benzene rings is 1. The van der Waals surface area contributed by atoms with E-state index in [1.54, 1.807) is 6.20 Å². The molecule has 8 heteroatoms. The van der Waals surface area contributed by atoms with E-state index in [9.17, 15) is 4.79 Å². The van der Waals surface area contributed by atoms with E-state index in [1.807, 2.05) is 44.2 Å². The fourth-order valence-corrected chi connectivity index (χ4v) is 4.17. The monoisotopic (exact) mass is 435 g/mol. The molecule has 8 nitrogen and oxygen atoms in total. The van der Waals surface area contributed by atoms with Crippen molar-refractivity contribution in [2.24, 2.45) is 11.5 Å². The summed E-state index contributed by atoms with van der Waals surface area (Å²) in [6.07, 6.45) is 8.84. The molecule has 32 heavy (non-hydrogen) atoms. The van der Waals surface area contributed by atoms with Gasteiger partial charge in [-0.25, -0.2) is 0 Å². The molecule has 0 saturated carbocycles. The summed E-state index contributed by atoms with van der Waals surface area (Å²) in [5, 5.41) is 4.26. The van der Waals surface area contributed by atoms with Crippen molar-refractivity contribution in [3.63, 3.8) is 0 Å². The molecule has 1 atom stereocenters. The first-order valence-corrected chi connectivity index (χ1v) is 10.9. The van der Waals surface area contributed by atoms with Gasteiger partial charge in [0.15, 0.2) is 0 Å². The molecule has 0 saturated heterocycles. The summed E-state index contributed by atoms with van der Waals surface area (Å²) in [5.74, 6) is 0.674. The largest absolute Gasteiger partial charge is 0.404 e. The Morgan fingerprint density at radius 3 is 2.91 bits per heavy atom. The fourth-order valence-electron chi connectivity index (χ4n) is 4.17. The minimum atomic E-state index is -0.306. The Morgan fingerprint density at radius 2 is 2.16 bits per heavy atom. The molecule has 2 aromatic rings. The number of rotatable bonds is 6. The number of allylic oxidation sites excluding steroid dienone is 2. The molecule has 1 aliphatic carbocycles. The molecule has 0 spiro atoms. The van der Waals surface area contributed by atoms with Gasteiger partial charge in [0.2, 0.25) is 11.7 Å². The fraction of sp³-hybridized carbons (Fsp3) is 0.375. The van der Waals surface area contributed by atoms with Gasteiger partial charge in [-0.05, 0) is 43.9 Å². The summed E-state index contributed by atoms with van der Waals surface area (Å²) in [6.45, 7) is 5.80. The highest BCUT2D eigenvalue weighted by atomic mass is 16.5. The number of aromatic nitrogens is 2. The molecule has 4 N–H and O–H groups in total. The Hall–Kier alpha value is -3.23. The first-order valence-electron chi connectivity index (χ1n) is 10.9. The molecule has 2 aliphatic rings. The number of carbonyl (C=O) groups is 1. The molecule has 1 aliphatic heterocycles. The van der Waals surface area contributed by atoms with Gasteiger partial charge in [-0.3, -0.25) is 9.69 Å². The molecule has 2 heterocycles. The van der Waals surface area contributed by atoms with Gasteiger partial charge in [0.25, 0.3) is 5.89 Å². The Labute approximate surface area is 187 Å². The van der Waals surface area contributed by atoms with Crippen LogP contribution in [0.25, 0.3) is 17.0 Å². The van der Waals surface area contributed by atoms with E-state index in [-0.39, 0.29) is 24.7 Å². The average Bonchev–Trinajstić information content (AvgIpc) is 3.16. The Bertz CT molecular complexity index is 1080. The molecule has 0 fully saturated rings. The second-order valence-electron chi connectivity index (χ2n) is 8.34. The highest BCUT2D eigenvalue weighted by Crippen LogP contribution is 2.30. The van der Waals surface area contributed by atoms with Gasteiger partial charge in [0, 0.05) is 36.0 Å². The number of nitrogens with two attached hydrogens (primary N) is 2. The van der Waals surface area contributed by atoms with Crippen molar-refractivity contribution in [2.75, 3.05) is 19.6 Å². The van der Waals surface area contributed by atoms with Gasteiger partial charge in [0.1, 0.15) is 6.10 Å². The van der Waals surface area contributed by atoms with E-state index in [1.165, 1.54) is 11.1 Å². The van der Waals surface area contributed by atoms with E-state index >= 15 is 0 Å². The van der Waals surface area contributed by atoms with Crippen LogP contribution >= 0.6 is 0 Å². The lowest BCUT2D eigenvalue weighted by atomic mass is 9.96. The quantitative estimate of drug-likeness (QED) is 0.714. The van der Waals surface area contributed by atoms with E-state index in [4.69, 9.17) is 20.7 Å². The van der Waals surface area contributed by atoms with Crippen molar-refractivity contribution in [3.8, 4) is 11.4 Å². The molecule has 1 amide bonds. The molecular weight excluding hydrogens is 406 g/mol. The highest BCUT2D eigenvalue weighted by molar-refractivity contribution is 5.76. The second-order valence-corrected chi connectivity index (χ2v) is 8.34. The van der Waals surface area contributed by atoms with Gasteiger partial charge in [-0.2, -0.15) is 4.98 Å². The summed E-state index contributed by atoms with van der Waals surface area (Å²) in [5.41, 5.74) is 16.2. The van der Waals surface area contributed by atoms with Crippen LogP contribution in [0.1, 0.15) is 30.9 Å².